The van der Waals surface area contributed by atoms with Crippen LogP contribution in [0.1, 0.15) is 0 Å². The van der Waals surface area contributed by atoms with E-state index in [0.29, 0.717) is 17.3 Å². The first-order valence-electron chi connectivity index (χ1n) is 9.99. The summed E-state index contributed by atoms with van der Waals surface area (Å²) in [6.45, 7) is 0. The number of fused-ring (bicyclic) bond motifs is 1. The maximum atomic E-state index is 12.4. The third kappa shape index (κ3) is 4.39. The summed E-state index contributed by atoms with van der Waals surface area (Å²) in [5.74, 6) is 1.30. The number of anilines is 4. The summed E-state index contributed by atoms with van der Waals surface area (Å²) < 4.78 is 1.66. The molecule has 3 N–H and O–H groups in total. The molecule has 0 fully saturated rings. The number of aromatic nitrogens is 4. The molecule has 0 spiro atoms. The van der Waals surface area contributed by atoms with Gasteiger partial charge in [0.2, 0.25) is 0 Å². The molecule has 2 amide bonds. The van der Waals surface area contributed by atoms with E-state index in [1.807, 2.05) is 79.0 Å². The fraction of sp³-hybridized carbons (Fsp3) is 0. The lowest BCUT2D eigenvalue weighted by atomic mass is 10.1. The Morgan fingerprint density at radius 3 is 2.31 bits per heavy atom. The number of nitrogens with zero attached hydrogens (tertiary/aromatic N) is 4. The highest BCUT2D eigenvalue weighted by Gasteiger charge is 2.05. The van der Waals surface area contributed by atoms with Crippen molar-refractivity contribution in [2.75, 3.05) is 16.0 Å². The van der Waals surface area contributed by atoms with E-state index < -0.39 is 0 Å². The highest BCUT2D eigenvalue weighted by molar-refractivity contribution is 6.01. The summed E-state index contributed by atoms with van der Waals surface area (Å²) >= 11 is 0. The van der Waals surface area contributed by atoms with Crippen LogP contribution in [-0.4, -0.2) is 25.8 Å². The molecule has 0 aliphatic carbocycles. The second kappa shape index (κ2) is 8.57. The second-order valence-electron chi connectivity index (χ2n) is 7.06. The van der Waals surface area contributed by atoms with Crippen LogP contribution in [-0.2, 0) is 0 Å². The molecule has 32 heavy (non-hydrogen) atoms. The number of hydrogen-bond donors (Lipinski definition) is 3. The Bertz CT molecular complexity index is 1370. The molecule has 0 unspecified atom stereocenters. The standard InChI is InChI=1S/C24H19N7O/c32-24(30-21-7-6-17-4-1-2-5-18(17)14-21)29-20-10-8-19(9-11-20)28-22-15-23(26-16-25-22)31-13-3-12-27-31/h1-16H,(H,25,26,28)(H2,29,30,32). The van der Waals surface area contributed by atoms with E-state index in [4.69, 9.17) is 0 Å². The van der Waals surface area contributed by atoms with Crippen molar-refractivity contribution in [1.82, 2.24) is 19.7 Å². The van der Waals surface area contributed by atoms with Crippen LogP contribution in [0, 0.1) is 0 Å². The minimum absolute atomic E-state index is 0.305. The Morgan fingerprint density at radius 2 is 1.50 bits per heavy atom. The van der Waals surface area contributed by atoms with Crippen molar-refractivity contribution in [2.24, 2.45) is 0 Å². The van der Waals surface area contributed by atoms with Crippen molar-refractivity contribution in [1.29, 1.82) is 0 Å². The molecule has 5 rings (SSSR count). The maximum Gasteiger partial charge on any atom is 0.323 e. The van der Waals surface area contributed by atoms with Crippen molar-refractivity contribution >= 4 is 39.7 Å². The Kier molecular flexibility index (Phi) is 5.15. The fourth-order valence-corrected chi connectivity index (χ4v) is 3.29. The van der Waals surface area contributed by atoms with Gasteiger partial charge in [-0.2, -0.15) is 5.10 Å². The van der Waals surface area contributed by atoms with Gasteiger partial charge in [0.15, 0.2) is 5.82 Å². The van der Waals surface area contributed by atoms with Crippen LogP contribution in [0.25, 0.3) is 16.6 Å². The SMILES string of the molecule is O=C(Nc1ccc(Nc2cc(-n3cccn3)ncn2)cc1)Nc1ccc2ccccc2c1. The van der Waals surface area contributed by atoms with Gasteiger partial charge in [0.25, 0.3) is 0 Å². The number of hydrogen-bond acceptors (Lipinski definition) is 5. The van der Waals surface area contributed by atoms with Gasteiger partial charge in [-0.05, 0) is 53.2 Å². The molecule has 0 saturated heterocycles. The minimum atomic E-state index is -0.305. The molecule has 5 aromatic rings. The Balaban J connectivity index is 1.22. The first-order valence-corrected chi connectivity index (χ1v) is 9.99. The average Bonchev–Trinajstić information content (AvgIpc) is 3.36. The zero-order chi connectivity index (χ0) is 21.8. The first-order chi connectivity index (χ1) is 15.7. The molecule has 0 bridgehead atoms. The highest BCUT2D eigenvalue weighted by atomic mass is 16.2. The van der Waals surface area contributed by atoms with Crippen LogP contribution >= 0.6 is 0 Å². The molecule has 3 aromatic carbocycles. The number of amides is 2. The summed E-state index contributed by atoms with van der Waals surface area (Å²) in [6.07, 6.45) is 4.99. The molecule has 2 heterocycles. The summed E-state index contributed by atoms with van der Waals surface area (Å²) in [7, 11) is 0. The minimum Gasteiger partial charge on any atom is -0.340 e. The Morgan fingerprint density at radius 1 is 0.750 bits per heavy atom. The number of urea groups is 1. The van der Waals surface area contributed by atoms with E-state index in [1.165, 1.54) is 6.33 Å². The zero-order valence-corrected chi connectivity index (χ0v) is 16.9. The second-order valence-corrected chi connectivity index (χ2v) is 7.06. The van der Waals surface area contributed by atoms with Crippen LogP contribution in [0.15, 0.2) is 97.6 Å². The van der Waals surface area contributed by atoms with E-state index >= 15 is 0 Å². The lowest BCUT2D eigenvalue weighted by Crippen LogP contribution is -2.19. The quantitative estimate of drug-likeness (QED) is 0.362. The lowest BCUT2D eigenvalue weighted by Gasteiger charge is -2.10. The first kappa shape index (κ1) is 19.3. The molecule has 0 atom stereocenters. The van der Waals surface area contributed by atoms with Crippen LogP contribution in [0.3, 0.4) is 0 Å². The van der Waals surface area contributed by atoms with Gasteiger partial charge >= 0.3 is 6.03 Å². The van der Waals surface area contributed by atoms with Crippen molar-refractivity contribution in [3.05, 3.63) is 97.6 Å². The number of rotatable bonds is 5. The topological polar surface area (TPSA) is 96.8 Å². The number of benzene rings is 3. The zero-order valence-electron chi connectivity index (χ0n) is 16.9. The Hall–Kier alpha value is -4.72. The van der Waals surface area contributed by atoms with Crippen molar-refractivity contribution in [2.45, 2.75) is 0 Å². The molecule has 0 saturated carbocycles. The van der Waals surface area contributed by atoms with Gasteiger partial charge in [0.1, 0.15) is 12.1 Å². The molecule has 0 radical (unpaired) electrons. The third-order valence-corrected chi connectivity index (χ3v) is 4.81. The van der Waals surface area contributed by atoms with E-state index in [-0.39, 0.29) is 6.03 Å². The summed E-state index contributed by atoms with van der Waals surface area (Å²) in [6, 6.07) is 24.5. The van der Waals surface area contributed by atoms with Crippen molar-refractivity contribution in [3.63, 3.8) is 0 Å². The average molecular weight is 421 g/mol. The predicted molar refractivity (Wildman–Crippen MR) is 125 cm³/mol. The summed E-state index contributed by atoms with van der Waals surface area (Å²) in [5, 5.41) is 15.3. The van der Waals surface area contributed by atoms with Crippen LogP contribution in [0.4, 0.5) is 27.7 Å². The smallest absolute Gasteiger partial charge is 0.323 e. The van der Waals surface area contributed by atoms with Gasteiger partial charge in [-0.1, -0.05) is 30.3 Å². The number of nitrogens with one attached hydrogen (secondary N) is 3. The molecule has 156 valence electrons. The van der Waals surface area contributed by atoms with E-state index in [0.717, 1.165) is 22.1 Å². The maximum absolute atomic E-state index is 12.4. The molecular formula is C24H19N7O. The number of carbonyl (C=O) groups excluding carboxylic acids is 1. The molecule has 0 aliphatic heterocycles. The van der Waals surface area contributed by atoms with E-state index in [1.54, 1.807) is 16.9 Å². The van der Waals surface area contributed by atoms with Crippen molar-refractivity contribution in [3.8, 4) is 5.82 Å². The predicted octanol–water partition coefficient (Wildman–Crippen LogP) is 5.20. The molecule has 2 aromatic heterocycles. The van der Waals surface area contributed by atoms with Gasteiger partial charge in [0.05, 0.1) is 0 Å². The largest absolute Gasteiger partial charge is 0.340 e. The molecular weight excluding hydrogens is 402 g/mol. The van der Waals surface area contributed by atoms with Gasteiger partial charge in [-0.25, -0.2) is 19.4 Å². The number of carbonyl (C=O) groups is 1. The molecule has 8 heteroatoms. The van der Waals surface area contributed by atoms with Crippen LogP contribution in [0.2, 0.25) is 0 Å². The van der Waals surface area contributed by atoms with Crippen LogP contribution in [0.5, 0.6) is 0 Å². The Labute approximate surface area is 184 Å². The van der Waals surface area contributed by atoms with E-state index in [9.17, 15) is 4.79 Å². The normalized spacial score (nSPS) is 10.6. The van der Waals surface area contributed by atoms with Gasteiger partial charge in [-0.3, -0.25) is 0 Å². The van der Waals surface area contributed by atoms with E-state index in [2.05, 4.69) is 31.0 Å². The fourth-order valence-electron chi connectivity index (χ4n) is 3.29. The van der Waals surface area contributed by atoms with Crippen LogP contribution < -0.4 is 16.0 Å². The molecule has 8 nitrogen and oxygen atoms in total. The summed E-state index contributed by atoms with van der Waals surface area (Å²) in [4.78, 5) is 20.8. The summed E-state index contributed by atoms with van der Waals surface area (Å²) in [5.41, 5.74) is 2.24. The van der Waals surface area contributed by atoms with Gasteiger partial charge in [-0.15, -0.1) is 0 Å². The molecule has 0 aliphatic rings. The monoisotopic (exact) mass is 421 g/mol. The van der Waals surface area contributed by atoms with Gasteiger partial charge in [0, 0.05) is 35.5 Å². The highest BCUT2D eigenvalue weighted by Crippen LogP contribution is 2.21. The third-order valence-electron chi connectivity index (χ3n) is 4.81. The van der Waals surface area contributed by atoms with Crippen molar-refractivity contribution < 1.29 is 4.79 Å². The van der Waals surface area contributed by atoms with Gasteiger partial charge < -0.3 is 16.0 Å². The lowest BCUT2D eigenvalue weighted by molar-refractivity contribution is 0.262.